The van der Waals surface area contributed by atoms with Gasteiger partial charge in [-0.05, 0) is 31.2 Å². The molecule has 0 aliphatic carbocycles. The van der Waals surface area contributed by atoms with Crippen molar-refractivity contribution in [2.24, 2.45) is 5.73 Å². The number of rotatable bonds is 4. The molecule has 1 aromatic heterocycles. The Hall–Kier alpha value is -3.48. The number of amides is 1. The number of phenolic OH excluding ortho intramolecular Hbond substituents is 1. The molecule has 0 aliphatic rings. The standard InChI is InChI=1S/C19H19N3O4/c1-9-13(20)5-4-11(18(9)23)17-12(19(21)24)6-10-7-15(25-2)16(26-3)8-14(10)22-17/h4-8,23H,20H2,1-3H3,(H2,21,24). The van der Waals surface area contributed by atoms with Crippen molar-refractivity contribution in [2.75, 3.05) is 20.0 Å². The number of nitrogen functional groups attached to an aromatic ring is 1. The van der Waals surface area contributed by atoms with Gasteiger partial charge in [-0.1, -0.05) is 0 Å². The molecule has 0 saturated carbocycles. The van der Waals surface area contributed by atoms with Crippen molar-refractivity contribution in [3.05, 3.63) is 41.5 Å². The molecule has 0 spiro atoms. The number of aromatic hydroxyl groups is 1. The smallest absolute Gasteiger partial charge is 0.250 e. The van der Waals surface area contributed by atoms with E-state index in [1.54, 1.807) is 37.3 Å². The molecule has 1 heterocycles. The first-order chi connectivity index (χ1) is 12.4. The third-order valence-corrected chi connectivity index (χ3v) is 4.31. The van der Waals surface area contributed by atoms with Crippen molar-refractivity contribution in [2.45, 2.75) is 6.92 Å². The molecule has 1 amide bonds. The second-order valence-corrected chi connectivity index (χ2v) is 5.82. The molecule has 5 N–H and O–H groups in total. The summed E-state index contributed by atoms with van der Waals surface area (Å²) >= 11 is 0. The normalized spacial score (nSPS) is 10.7. The number of methoxy groups -OCH3 is 2. The van der Waals surface area contributed by atoms with Crippen LogP contribution in [0.2, 0.25) is 0 Å². The molecular formula is C19H19N3O4. The summed E-state index contributed by atoms with van der Waals surface area (Å²) in [5, 5.41) is 11.1. The number of nitrogens with two attached hydrogens (primary N) is 2. The molecule has 0 fully saturated rings. The van der Waals surface area contributed by atoms with E-state index in [0.29, 0.717) is 39.2 Å². The monoisotopic (exact) mass is 353 g/mol. The molecular weight excluding hydrogens is 334 g/mol. The first-order valence-electron chi connectivity index (χ1n) is 7.82. The SMILES string of the molecule is COc1cc2cc(C(N)=O)c(-c3ccc(N)c(C)c3O)nc2cc1OC. The molecule has 0 radical (unpaired) electrons. The van der Waals surface area contributed by atoms with Crippen molar-refractivity contribution in [1.82, 2.24) is 4.98 Å². The summed E-state index contributed by atoms with van der Waals surface area (Å²) in [7, 11) is 3.05. The van der Waals surface area contributed by atoms with Crippen LogP contribution < -0.4 is 20.9 Å². The highest BCUT2D eigenvalue weighted by Crippen LogP contribution is 2.38. The van der Waals surface area contributed by atoms with Crippen molar-refractivity contribution < 1.29 is 19.4 Å². The van der Waals surface area contributed by atoms with Gasteiger partial charge in [0.1, 0.15) is 5.75 Å². The van der Waals surface area contributed by atoms with Crippen LogP contribution in [0.5, 0.6) is 17.2 Å². The number of fused-ring (bicyclic) bond motifs is 1. The van der Waals surface area contributed by atoms with Gasteiger partial charge < -0.3 is 26.0 Å². The number of benzene rings is 2. The van der Waals surface area contributed by atoms with Gasteiger partial charge in [-0.25, -0.2) is 4.98 Å². The van der Waals surface area contributed by atoms with Crippen LogP contribution in [0.4, 0.5) is 5.69 Å². The van der Waals surface area contributed by atoms with E-state index >= 15 is 0 Å². The van der Waals surface area contributed by atoms with Gasteiger partial charge in [0, 0.05) is 28.3 Å². The topological polar surface area (TPSA) is 121 Å². The maximum atomic E-state index is 12.0. The molecule has 0 bridgehead atoms. The Morgan fingerprint density at radius 3 is 2.38 bits per heavy atom. The van der Waals surface area contributed by atoms with Crippen molar-refractivity contribution in [3.8, 4) is 28.5 Å². The minimum absolute atomic E-state index is 0.0418. The van der Waals surface area contributed by atoms with E-state index in [2.05, 4.69) is 4.98 Å². The lowest BCUT2D eigenvalue weighted by Gasteiger charge is -2.14. The van der Waals surface area contributed by atoms with E-state index < -0.39 is 5.91 Å². The maximum absolute atomic E-state index is 12.0. The van der Waals surface area contributed by atoms with Gasteiger partial charge in [0.25, 0.3) is 5.91 Å². The minimum atomic E-state index is -0.655. The molecule has 2 aromatic carbocycles. The van der Waals surface area contributed by atoms with Crippen LogP contribution in [0.3, 0.4) is 0 Å². The summed E-state index contributed by atoms with van der Waals surface area (Å²) in [6.07, 6.45) is 0. The van der Waals surface area contributed by atoms with Crippen LogP contribution in [0.25, 0.3) is 22.2 Å². The fraction of sp³-hybridized carbons (Fsp3) is 0.158. The molecule has 3 aromatic rings. The lowest BCUT2D eigenvalue weighted by Crippen LogP contribution is -2.13. The van der Waals surface area contributed by atoms with Gasteiger partial charge in [-0.15, -0.1) is 0 Å². The van der Waals surface area contributed by atoms with Gasteiger partial charge in [-0.3, -0.25) is 4.79 Å². The quantitative estimate of drug-likeness (QED) is 0.620. The first-order valence-corrected chi connectivity index (χ1v) is 7.82. The number of ether oxygens (including phenoxy) is 2. The molecule has 134 valence electrons. The van der Waals surface area contributed by atoms with E-state index in [1.165, 1.54) is 14.2 Å². The van der Waals surface area contributed by atoms with E-state index in [1.807, 2.05) is 0 Å². The first kappa shape index (κ1) is 17.3. The number of hydrogen-bond acceptors (Lipinski definition) is 6. The number of pyridine rings is 1. The number of phenols is 1. The number of carbonyl (C=O) groups is 1. The average molecular weight is 353 g/mol. The van der Waals surface area contributed by atoms with Gasteiger partial charge in [-0.2, -0.15) is 0 Å². The van der Waals surface area contributed by atoms with Crippen LogP contribution in [-0.2, 0) is 0 Å². The van der Waals surface area contributed by atoms with Gasteiger partial charge in [0.15, 0.2) is 11.5 Å². The Kier molecular flexibility index (Phi) is 4.29. The zero-order valence-corrected chi connectivity index (χ0v) is 14.7. The summed E-state index contributed by atoms with van der Waals surface area (Å²) in [6, 6.07) is 8.29. The largest absolute Gasteiger partial charge is 0.507 e. The van der Waals surface area contributed by atoms with E-state index in [4.69, 9.17) is 20.9 Å². The lowest BCUT2D eigenvalue weighted by atomic mass is 9.99. The zero-order valence-electron chi connectivity index (χ0n) is 14.7. The number of anilines is 1. The Balaban J connectivity index is 2.36. The Morgan fingerprint density at radius 2 is 1.77 bits per heavy atom. The minimum Gasteiger partial charge on any atom is -0.507 e. The number of nitrogens with zero attached hydrogens (tertiary/aromatic N) is 1. The highest BCUT2D eigenvalue weighted by Gasteiger charge is 2.19. The average Bonchev–Trinajstić information content (AvgIpc) is 2.64. The molecule has 0 saturated heterocycles. The van der Waals surface area contributed by atoms with Crippen LogP contribution in [-0.4, -0.2) is 30.2 Å². The number of hydrogen-bond donors (Lipinski definition) is 3. The molecule has 26 heavy (non-hydrogen) atoms. The summed E-state index contributed by atoms with van der Waals surface area (Å²) in [5.41, 5.74) is 13.7. The fourth-order valence-electron chi connectivity index (χ4n) is 2.80. The van der Waals surface area contributed by atoms with Crippen LogP contribution in [0, 0.1) is 6.92 Å². The third-order valence-electron chi connectivity index (χ3n) is 4.31. The van der Waals surface area contributed by atoms with Gasteiger partial charge in [0.05, 0.1) is 31.0 Å². The zero-order chi connectivity index (χ0) is 19.0. The van der Waals surface area contributed by atoms with Gasteiger partial charge in [0.2, 0.25) is 0 Å². The second kappa shape index (κ2) is 6.44. The summed E-state index contributed by atoms with van der Waals surface area (Å²) in [4.78, 5) is 16.5. The summed E-state index contributed by atoms with van der Waals surface area (Å²) in [6.45, 7) is 1.69. The fourth-order valence-corrected chi connectivity index (χ4v) is 2.80. The third kappa shape index (κ3) is 2.73. The molecule has 0 atom stereocenters. The number of aromatic nitrogens is 1. The number of primary amides is 1. The second-order valence-electron chi connectivity index (χ2n) is 5.82. The highest BCUT2D eigenvalue weighted by molar-refractivity contribution is 6.03. The van der Waals surface area contributed by atoms with Crippen molar-refractivity contribution in [1.29, 1.82) is 0 Å². The Morgan fingerprint density at radius 1 is 1.12 bits per heavy atom. The molecule has 3 rings (SSSR count). The van der Waals surface area contributed by atoms with E-state index in [9.17, 15) is 9.90 Å². The Labute approximate surface area is 150 Å². The maximum Gasteiger partial charge on any atom is 0.250 e. The highest BCUT2D eigenvalue weighted by atomic mass is 16.5. The van der Waals surface area contributed by atoms with Gasteiger partial charge >= 0.3 is 0 Å². The van der Waals surface area contributed by atoms with Crippen LogP contribution in [0.1, 0.15) is 15.9 Å². The van der Waals surface area contributed by atoms with E-state index in [-0.39, 0.29) is 17.0 Å². The Bertz CT molecular complexity index is 1030. The molecule has 7 heteroatoms. The van der Waals surface area contributed by atoms with Crippen LogP contribution >= 0.6 is 0 Å². The lowest BCUT2D eigenvalue weighted by molar-refractivity contribution is 0.100. The molecule has 0 unspecified atom stereocenters. The predicted molar refractivity (Wildman–Crippen MR) is 99.6 cm³/mol. The van der Waals surface area contributed by atoms with Crippen LogP contribution in [0.15, 0.2) is 30.3 Å². The predicted octanol–water partition coefficient (Wildman–Crippen LogP) is 2.61. The molecule has 0 aliphatic heterocycles. The van der Waals surface area contributed by atoms with Crippen molar-refractivity contribution >= 4 is 22.5 Å². The van der Waals surface area contributed by atoms with Crippen molar-refractivity contribution in [3.63, 3.8) is 0 Å². The van der Waals surface area contributed by atoms with E-state index in [0.717, 1.165) is 0 Å². The summed E-state index contributed by atoms with van der Waals surface area (Å²) < 4.78 is 10.6. The molecule has 7 nitrogen and oxygen atoms in total. The summed E-state index contributed by atoms with van der Waals surface area (Å²) in [5.74, 6) is 0.317. The number of carbonyl (C=O) groups excluding carboxylic acids is 1.